The van der Waals surface area contributed by atoms with Crippen LogP contribution in [-0.2, 0) is 11.0 Å². The number of rotatable bonds is 6. The van der Waals surface area contributed by atoms with Gasteiger partial charge in [-0.05, 0) is 30.2 Å². The van der Waals surface area contributed by atoms with Gasteiger partial charge in [0.2, 0.25) is 0 Å². The van der Waals surface area contributed by atoms with E-state index in [0.717, 1.165) is 12.1 Å². The molecule has 1 aliphatic carbocycles. The van der Waals surface area contributed by atoms with Crippen molar-refractivity contribution in [1.29, 1.82) is 5.26 Å². The van der Waals surface area contributed by atoms with Gasteiger partial charge in [-0.1, -0.05) is 18.2 Å². The van der Waals surface area contributed by atoms with Crippen molar-refractivity contribution in [2.24, 2.45) is 0 Å². The Labute approximate surface area is 159 Å². The van der Waals surface area contributed by atoms with Gasteiger partial charge in [0.1, 0.15) is 0 Å². The molecule has 0 unspecified atom stereocenters. The van der Waals surface area contributed by atoms with Gasteiger partial charge in [-0.15, -0.1) is 0 Å². The largest absolute Gasteiger partial charge is 0.493 e. The van der Waals surface area contributed by atoms with E-state index < -0.39 is 11.7 Å². The number of nitrogens with zero attached hydrogens (tertiary/aromatic N) is 1. The summed E-state index contributed by atoms with van der Waals surface area (Å²) < 4.78 is 49.0. The summed E-state index contributed by atoms with van der Waals surface area (Å²) in [6, 6.07) is 11.5. The molecule has 0 heterocycles. The van der Waals surface area contributed by atoms with Gasteiger partial charge in [0.15, 0.2) is 18.1 Å². The lowest BCUT2D eigenvalue weighted by Crippen LogP contribution is -2.31. The third-order valence-corrected chi connectivity index (χ3v) is 4.43. The number of alkyl halides is 3. The lowest BCUT2D eigenvalue weighted by molar-refractivity contribution is -0.137. The van der Waals surface area contributed by atoms with Crippen LogP contribution in [0.25, 0.3) is 0 Å². The SMILES string of the molecule is COc1cc(C#N)ccc1OCC(=O)N[C@@H]1C[C@@H]1c1cccc(C(F)(F)F)c1. The van der Waals surface area contributed by atoms with E-state index in [-0.39, 0.29) is 24.5 Å². The number of nitriles is 1. The van der Waals surface area contributed by atoms with E-state index in [9.17, 15) is 18.0 Å². The Morgan fingerprint density at radius 3 is 2.71 bits per heavy atom. The highest BCUT2D eigenvalue weighted by atomic mass is 19.4. The van der Waals surface area contributed by atoms with Crippen LogP contribution in [0.15, 0.2) is 42.5 Å². The van der Waals surface area contributed by atoms with Crippen molar-refractivity contribution in [3.63, 3.8) is 0 Å². The molecule has 146 valence electrons. The lowest BCUT2D eigenvalue weighted by atomic mass is 10.1. The number of hydrogen-bond donors (Lipinski definition) is 1. The predicted molar refractivity (Wildman–Crippen MR) is 93.9 cm³/mol. The summed E-state index contributed by atoms with van der Waals surface area (Å²) in [5.74, 6) is 0.128. The summed E-state index contributed by atoms with van der Waals surface area (Å²) in [6.07, 6.45) is -3.81. The number of nitrogens with one attached hydrogen (secondary N) is 1. The zero-order valence-electron chi connectivity index (χ0n) is 14.9. The third kappa shape index (κ3) is 4.55. The van der Waals surface area contributed by atoms with E-state index in [1.807, 2.05) is 6.07 Å². The van der Waals surface area contributed by atoms with Gasteiger partial charge in [-0.3, -0.25) is 4.79 Å². The fraction of sp³-hybridized carbons (Fsp3) is 0.300. The maximum absolute atomic E-state index is 12.8. The Morgan fingerprint density at radius 1 is 1.25 bits per heavy atom. The number of methoxy groups -OCH3 is 1. The smallest absolute Gasteiger partial charge is 0.416 e. The zero-order valence-corrected chi connectivity index (χ0v) is 14.9. The molecule has 1 fully saturated rings. The van der Waals surface area contributed by atoms with Crippen LogP contribution in [0.5, 0.6) is 11.5 Å². The second kappa shape index (κ2) is 7.80. The van der Waals surface area contributed by atoms with E-state index in [1.165, 1.54) is 25.3 Å². The van der Waals surface area contributed by atoms with Crippen molar-refractivity contribution >= 4 is 5.91 Å². The lowest BCUT2D eigenvalue weighted by Gasteiger charge is -2.11. The molecule has 0 spiro atoms. The third-order valence-electron chi connectivity index (χ3n) is 4.43. The number of halogens is 3. The number of amides is 1. The minimum atomic E-state index is -4.39. The minimum absolute atomic E-state index is 0.143. The molecular formula is C20H17F3N2O3. The van der Waals surface area contributed by atoms with Crippen LogP contribution in [0.2, 0.25) is 0 Å². The Hall–Kier alpha value is -3.21. The monoisotopic (exact) mass is 390 g/mol. The molecule has 0 radical (unpaired) electrons. The normalized spacial score (nSPS) is 18.1. The molecule has 1 aliphatic rings. The molecule has 28 heavy (non-hydrogen) atoms. The maximum Gasteiger partial charge on any atom is 0.416 e. The van der Waals surface area contributed by atoms with Crippen molar-refractivity contribution < 1.29 is 27.4 Å². The number of ether oxygens (including phenoxy) is 2. The molecule has 3 rings (SSSR count). The standard InChI is InChI=1S/C20H17F3N2O3/c1-27-18-7-12(10-24)5-6-17(18)28-11-19(26)25-16-9-15(16)13-3-2-4-14(8-13)20(21,22)23/h2-8,15-16H,9,11H2,1H3,(H,25,26)/t15-,16-/m1/s1. The van der Waals surface area contributed by atoms with Crippen molar-refractivity contribution in [2.75, 3.05) is 13.7 Å². The van der Waals surface area contributed by atoms with E-state index in [4.69, 9.17) is 14.7 Å². The Morgan fingerprint density at radius 2 is 2.04 bits per heavy atom. The number of benzene rings is 2. The highest BCUT2D eigenvalue weighted by Crippen LogP contribution is 2.42. The molecule has 0 bridgehead atoms. The molecule has 0 aromatic heterocycles. The van der Waals surface area contributed by atoms with Crippen molar-refractivity contribution in [2.45, 2.75) is 24.6 Å². The molecule has 2 atom stereocenters. The van der Waals surface area contributed by atoms with Crippen molar-refractivity contribution in [1.82, 2.24) is 5.32 Å². The van der Waals surface area contributed by atoms with Crippen molar-refractivity contribution in [3.05, 3.63) is 59.2 Å². The first-order valence-electron chi connectivity index (χ1n) is 8.49. The van der Waals surface area contributed by atoms with Gasteiger partial charge in [0.25, 0.3) is 5.91 Å². The molecule has 0 saturated heterocycles. The summed E-state index contributed by atoms with van der Waals surface area (Å²) in [7, 11) is 1.42. The first-order chi connectivity index (χ1) is 13.3. The van der Waals surface area contributed by atoms with Crippen LogP contribution in [0.3, 0.4) is 0 Å². The molecule has 2 aromatic carbocycles. The van der Waals surface area contributed by atoms with Crippen LogP contribution in [-0.4, -0.2) is 25.7 Å². The molecule has 1 saturated carbocycles. The summed E-state index contributed by atoms with van der Waals surface area (Å²) in [5.41, 5.74) is 0.253. The van der Waals surface area contributed by atoms with Crippen LogP contribution in [0.1, 0.15) is 29.0 Å². The van der Waals surface area contributed by atoms with E-state index in [0.29, 0.717) is 29.0 Å². The van der Waals surface area contributed by atoms with Crippen LogP contribution < -0.4 is 14.8 Å². The average Bonchev–Trinajstić information content (AvgIpc) is 3.44. The summed E-state index contributed by atoms with van der Waals surface area (Å²) in [5, 5.41) is 11.6. The number of carbonyl (C=O) groups is 1. The quantitative estimate of drug-likeness (QED) is 0.818. The topological polar surface area (TPSA) is 71.3 Å². The van der Waals surface area contributed by atoms with Gasteiger partial charge in [0, 0.05) is 18.0 Å². The van der Waals surface area contributed by atoms with Gasteiger partial charge in [0.05, 0.1) is 24.3 Å². The molecule has 2 aromatic rings. The predicted octanol–water partition coefficient (Wildman–Crippen LogP) is 3.64. The van der Waals surface area contributed by atoms with Gasteiger partial charge in [-0.25, -0.2) is 0 Å². The van der Waals surface area contributed by atoms with Crippen LogP contribution in [0.4, 0.5) is 13.2 Å². The summed E-state index contributed by atoms with van der Waals surface area (Å²) >= 11 is 0. The van der Waals surface area contributed by atoms with Gasteiger partial charge >= 0.3 is 6.18 Å². The molecule has 1 amide bonds. The fourth-order valence-corrected chi connectivity index (χ4v) is 2.92. The number of hydrogen-bond acceptors (Lipinski definition) is 4. The fourth-order valence-electron chi connectivity index (χ4n) is 2.92. The van der Waals surface area contributed by atoms with E-state index in [1.54, 1.807) is 12.1 Å². The Bertz CT molecular complexity index is 922. The van der Waals surface area contributed by atoms with Crippen LogP contribution >= 0.6 is 0 Å². The first kappa shape index (κ1) is 19.5. The molecule has 0 aliphatic heterocycles. The summed E-state index contributed by atoms with van der Waals surface area (Å²) in [6.45, 7) is -0.270. The molecule has 1 N–H and O–H groups in total. The minimum Gasteiger partial charge on any atom is -0.493 e. The van der Waals surface area contributed by atoms with E-state index in [2.05, 4.69) is 5.32 Å². The molecule has 5 nitrogen and oxygen atoms in total. The van der Waals surface area contributed by atoms with Crippen molar-refractivity contribution in [3.8, 4) is 17.6 Å². The average molecular weight is 390 g/mol. The molecule has 8 heteroatoms. The Kier molecular flexibility index (Phi) is 5.45. The maximum atomic E-state index is 12.8. The molecular weight excluding hydrogens is 373 g/mol. The first-order valence-corrected chi connectivity index (χ1v) is 8.49. The van der Waals surface area contributed by atoms with E-state index >= 15 is 0 Å². The second-order valence-corrected chi connectivity index (χ2v) is 6.41. The van der Waals surface area contributed by atoms with Crippen LogP contribution in [0, 0.1) is 11.3 Å². The van der Waals surface area contributed by atoms with Gasteiger partial charge in [-0.2, -0.15) is 18.4 Å². The second-order valence-electron chi connectivity index (χ2n) is 6.41. The summed E-state index contributed by atoms with van der Waals surface area (Å²) in [4.78, 5) is 12.1. The van der Waals surface area contributed by atoms with Gasteiger partial charge < -0.3 is 14.8 Å². The number of carbonyl (C=O) groups excluding carboxylic acids is 1. The zero-order chi connectivity index (χ0) is 20.3. The highest BCUT2D eigenvalue weighted by molar-refractivity contribution is 5.78. The Balaban J connectivity index is 1.54. The highest BCUT2D eigenvalue weighted by Gasteiger charge is 2.40.